The van der Waals surface area contributed by atoms with Crippen LogP contribution in [0, 0.1) is 0 Å². The summed E-state index contributed by atoms with van der Waals surface area (Å²) in [4.78, 5) is 16.4. The third-order valence-electron chi connectivity index (χ3n) is 3.49. The van der Waals surface area contributed by atoms with E-state index in [4.69, 9.17) is 11.6 Å². The maximum Gasteiger partial charge on any atom is 0.257 e. The van der Waals surface area contributed by atoms with Crippen molar-refractivity contribution in [2.24, 2.45) is 0 Å². The van der Waals surface area contributed by atoms with Gasteiger partial charge in [0, 0.05) is 38.1 Å². The second-order valence-electron chi connectivity index (χ2n) is 4.88. The van der Waals surface area contributed by atoms with Crippen molar-refractivity contribution in [2.45, 2.75) is 6.42 Å². The number of rotatable bonds is 3. The molecule has 0 radical (unpaired) electrons. The van der Waals surface area contributed by atoms with Gasteiger partial charge in [-0.25, -0.2) is 0 Å². The summed E-state index contributed by atoms with van der Waals surface area (Å²) in [5.74, 6) is 0.155. The number of carbonyl (C=O) groups excluding carboxylic acids is 1. The van der Waals surface area contributed by atoms with Crippen molar-refractivity contribution < 1.29 is 15.0 Å². The summed E-state index contributed by atoms with van der Waals surface area (Å²) in [7, 11) is 0. The van der Waals surface area contributed by atoms with Gasteiger partial charge in [0.05, 0.1) is 5.56 Å². The molecule has 1 saturated heterocycles. The van der Waals surface area contributed by atoms with Gasteiger partial charge in [-0.3, -0.25) is 4.79 Å². The van der Waals surface area contributed by atoms with E-state index in [0.717, 1.165) is 26.1 Å². The number of benzene rings is 1. The molecule has 1 amide bonds. The Labute approximate surface area is 123 Å². The molecule has 0 aromatic heterocycles. The zero-order chi connectivity index (χ0) is 14.5. The summed E-state index contributed by atoms with van der Waals surface area (Å²) in [5, 5.41) is 19.0. The van der Waals surface area contributed by atoms with Crippen molar-refractivity contribution in [3.8, 4) is 11.5 Å². The number of phenols is 2. The van der Waals surface area contributed by atoms with Gasteiger partial charge in [-0.05, 0) is 25.1 Å². The summed E-state index contributed by atoms with van der Waals surface area (Å²) in [6.45, 7) is 3.83. The highest BCUT2D eigenvalue weighted by Crippen LogP contribution is 2.24. The van der Waals surface area contributed by atoms with Crippen molar-refractivity contribution in [2.75, 3.05) is 38.6 Å². The van der Waals surface area contributed by atoms with Crippen LogP contribution in [0.2, 0.25) is 0 Å². The fourth-order valence-corrected chi connectivity index (χ4v) is 2.63. The smallest absolute Gasteiger partial charge is 0.257 e. The van der Waals surface area contributed by atoms with Crippen molar-refractivity contribution >= 4 is 17.5 Å². The second kappa shape index (κ2) is 6.81. The lowest BCUT2D eigenvalue weighted by atomic mass is 10.1. The Morgan fingerprint density at radius 1 is 1.20 bits per heavy atom. The Morgan fingerprint density at radius 3 is 2.70 bits per heavy atom. The first-order valence-electron chi connectivity index (χ1n) is 6.71. The van der Waals surface area contributed by atoms with Gasteiger partial charge in [-0.1, -0.05) is 0 Å². The number of aromatic hydroxyl groups is 2. The van der Waals surface area contributed by atoms with Crippen LogP contribution in [0.4, 0.5) is 0 Å². The minimum absolute atomic E-state index is 0.0526. The summed E-state index contributed by atoms with van der Waals surface area (Å²) >= 11 is 5.74. The number of carbonyl (C=O) groups is 1. The Hall–Kier alpha value is -1.46. The average molecular weight is 299 g/mol. The molecule has 0 bridgehead atoms. The molecular weight excluding hydrogens is 280 g/mol. The Morgan fingerprint density at radius 2 is 2.00 bits per heavy atom. The quantitative estimate of drug-likeness (QED) is 0.830. The Balaban J connectivity index is 2.05. The maximum absolute atomic E-state index is 12.4. The molecule has 1 heterocycles. The topological polar surface area (TPSA) is 64.0 Å². The van der Waals surface area contributed by atoms with Gasteiger partial charge in [0.15, 0.2) is 0 Å². The lowest BCUT2D eigenvalue weighted by Crippen LogP contribution is -2.35. The highest BCUT2D eigenvalue weighted by molar-refractivity contribution is 6.18. The monoisotopic (exact) mass is 298 g/mol. The van der Waals surface area contributed by atoms with Crippen LogP contribution in [0.5, 0.6) is 11.5 Å². The highest BCUT2D eigenvalue weighted by atomic mass is 35.5. The molecule has 1 aromatic carbocycles. The van der Waals surface area contributed by atoms with E-state index in [-0.39, 0.29) is 23.0 Å². The van der Waals surface area contributed by atoms with Crippen LogP contribution in [0.3, 0.4) is 0 Å². The fourth-order valence-electron chi connectivity index (χ4n) is 2.39. The molecule has 1 aliphatic rings. The van der Waals surface area contributed by atoms with Crippen LogP contribution in [0.15, 0.2) is 18.2 Å². The molecule has 2 N–H and O–H groups in total. The molecule has 0 saturated carbocycles. The van der Waals surface area contributed by atoms with Gasteiger partial charge in [0.25, 0.3) is 5.91 Å². The molecule has 1 fully saturated rings. The summed E-state index contributed by atoms with van der Waals surface area (Å²) in [6, 6.07) is 4.05. The van der Waals surface area contributed by atoms with Gasteiger partial charge in [-0.2, -0.15) is 0 Å². The number of hydrogen-bond donors (Lipinski definition) is 2. The molecule has 110 valence electrons. The Kier molecular flexibility index (Phi) is 5.09. The Bertz CT molecular complexity index is 481. The molecule has 1 aliphatic heterocycles. The van der Waals surface area contributed by atoms with Crippen LogP contribution in [-0.4, -0.2) is 64.5 Å². The van der Waals surface area contributed by atoms with Gasteiger partial charge >= 0.3 is 0 Å². The third kappa shape index (κ3) is 3.55. The minimum Gasteiger partial charge on any atom is -0.508 e. The lowest BCUT2D eigenvalue weighted by Gasteiger charge is -2.22. The van der Waals surface area contributed by atoms with Gasteiger partial charge in [0.1, 0.15) is 11.5 Å². The van der Waals surface area contributed by atoms with Crippen LogP contribution in [0.25, 0.3) is 0 Å². The largest absolute Gasteiger partial charge is 0.508 e. The van der Waals surface area contributed by atoms with E-state index in [9.17, 15) is 15.0 Å². The van der Waals surface area contributed by atoms with Crippen molar-refractivity contribution in [3.05, 3.63) is 23.8 Å². The first-order chi connectivity index (χ1) is 9.61. The SMILES string of the molecule is O=C(c1ccc(O)cc1O)N1CCCN(CCCl)CC1. The van der Waals surface area contributed by atoms with E-state index in [2.05, 4.69) is 4.90 Å². The molecule has 5 nitrogen and oxygen atoms in total. The van der Waals surface area contributed by atoms with E-state index >= 15 is 0 Å². The second-order valence-corrected chi connectivity index (χ2v) is 5.26. The van der Waals surface area contributed by atoms with Crippen molar-refractivity contribution in [1.82, 2.24) is 9.80 Å². The lowest BCUT2D eigenvalue weighted by molar-refractivity contribution is 0.0759. The predicted molar refractivity (Wildman–Crippen MR) is 77.5 cm³/mol. The van der Waals surface area contributed by atoms with Gasteiger partial charge in [0.2, 0.25) is 0 Å². The number of nitrogens with zero attached hydrogens (tertiary/aromatic N) is 2. The van der Waals surface area contributed by atoms with Crippen molar-refractivity contribution in [1.29, 1.82) is 0 Å². The minimum atomic E-state index is -0.199. The third-order valence-corrected chi connectivity index (χ3v) is 3.66. The van der Waals surface area contributed by atoms with Crippen LogP contribution < -0.4 is 0 Å². The molecule has 1 aromatic rings. The molecule has 0 atom stereocenters. The van der Waals surface area contributed by atoms with Gasteiger partial charge in [-0.15, -0.1) is 11.6 Å². The molecule has 0 unspecified atom stereocenters. The zero-order valence-electron chi connectivity index (χ0n) is 11.3. The summed E-state index contributed by atoms with van der Waals surface area (Å²) < 4.78 is 0. The van der Waals surface area contributed by atoms with Crippen LogP contribution >= 0.6 is 11.6 Å². The molecule has 0 spiro atoms. The zero-order valence-corrected chi connectivity index (χ0v) is 12.0. The molecule has 0 aliphatic carbocycles. The maximum atomic E-state index is 12.4. The summed E-state index contributed by atoms with van der Waals surface area (Å²) in [5.41, 5.74) is 0.230. The molecule has 6 heteroatoms. The standard InChI is InChI=1S/C14H19ClN2O3/c15-4-7-16-5-1-6-17(9-8-16)14(20)12-3-2-11(18)10-13(12)19/h2-3,10,18-19H,1,4-9H2. The first kappa shape index (κ1) is 14.9. The first-order valence-corrected chi connectivity index (χ1v) is 7.25. The van der Waals surface area contributed by atoms with Gasteiger partial charge < -0.3 is 20.0 Å². The highest BCUT2D eigenvalue weighted by Gasteiger charge is 2.22. The van der Waals surface area contributed by atoms with E-state index in [1.807, 2.05) is 0 Å². The van der Waals surface area contributed by atoms with Crippen molar-refractivity contribution in [3.63, 3.8) is 0 Å². The normalized spacial score (nSPS) is 16.9. The molecule has 20 heavy (non-hydrogen) atoms. The molecular formula is C14H19ClN2O3. The van der Waals surface area contributed by atoms with Crippen LogP contribution in [0.1, 0.15) is 16.8 Å². The number of amides is 1. The average Bonchev–Trinajstić information content (AvgIpc) is 2.64. The number of halogens is 1. The fraction of sp³-hybridized carbons (Fsp3) is 0.500. The van der Waals surface area contributed by atoms with E-state index < -0.39 is 0 Å². The van der Waals surface area contributed by atoms with E-state index in [1.165, 1.54) is 18.2 Å². The number of hydrogen-bond acceptors (Lipinski definition) is 4. The van der Waals surface area contributed by atoms with Crippen LogP contribution in [-0.2, 0) is 0 Å². The number of phenolic OH excluding ortho intramolecular Hbond substituents is 2. The summed E-state index contributed by atoms with van der Waals surface area (Å²) in [6.07, 6.45) is 0.890. The number of alkyl halides is 1. The predicted octanol–water partition coefficient (Wildman–Crippen LogP) is 1.48. The molecule has 2 rings (SSSR count). The van der Waals surface area contributed by atoms with E-state index in [0.29, 0.717) is 19.0 Å². The van der Waals surface area contributed by atoms with E-state index in [1.54, 1.807) is 4.90 Å².